The van der Waals surface area contributed by atoms with Crippen molar-refractivity contribution >= 4 is 5.91 Å². The molecule has 4 rings (SSSR count). The van der Waals surface area contributed by atoms with Crippen molar-refractivity contribution in [1.29, 1.82) is 0 Å². The number of fused-ring (bicyclic) bond motifs is 1. The Morgan fingerprint density at radius 3 is 2.57 bits per heavy atom. The van der Waals surface area contributed by atoms with Crippen LogP contribution in [0, 0.1) is 0 Å². The molecule has 1 aromatic carbocycles. The van der Waals surface area contributed by atoms with Crippen LogP contribution in [-0.2, 0) is 44.2 Å². The Morgan fingerprint density at radius 1 is 1.07 bits per heavy atom. The van der Waals surface area contributed by atoms with Crippen molar-refractivity contribution in [1.82, 2.24) is 29.4 Å². The third-order valence-electron chi connectivity index (χ3n) is 5.49. The van der Waals surface area contributed by atoms with Gasteiger partial charge in [0.15, 0.2) is 11.6 Å². The van der Waals surface area contributed by atoms with Crippen molar-refractivity contribution in [3.63, 3.8) is 0 Å². The molecular weight excluding hydrogens is 352 g/mol. The van der Waals surface area contributed by atoms with Gasteiger partial charge in [0.05, 0.1) is 18.7 Å². The van der Waals surface area contributed by atoms with E-state index in [2.05, 4.69) is 33.7 Å². The predicted octanol–water partition coefficient (Wildman–Crippen LogP) is 2.39. The summed E-state index contributed by atoms with van der Waals surface area (Å²) >= 11 is 0. The van der Waals surface area contributed by atoms with Gasteiger partial charge in [0, 0.05) is 37.0 Å². The van der Waals surface area contributed by atoms with Crippen molar-refractivity contribution in [2.75, 3.05) is 6.54 Å². The Balaban J connectivity index is 1.53. The maximum absolute atomic E-state index is 13.0. The SMILES string of the molecule is CCc1nn(C)c(CC)c1CC(=O)N1CCn2c(nnc2-c2ccccc2)C1. The number of benzene rings is 1. The number of carbonyl (C=O) groups excluding carboxylic acids is 1. The van der Waals surface area contributed by atoms with Gasteiger partial charge in [-0.3, -0.25) is 9.48 Å². The van der Waals surface area contributed by atoms with Crippen LogP contribution in [0.4, 0.5) is 0 Å². The van der Waals surface area contributed by atoms with Gasteiger partial charge in [-0.15, -0.1) is 10.2 Å². The smallest absolute Gasteiger partial charge is 0.227 e. The molecule has 1 aliphatic heterocycles. The zero-order valence-electron chi connectivity index (χ0n) is 16.7. The fraction of sp³-hybridized carbons (Fsp3) is 0.429. The normalized spacial score (nSPS) is 13.6. The molecule has 3 aromatic rings. The molecule has 7 heteroatoms. The summed E-state index contributed by atoms with van der Waals surface area (Å²) in [5, 5.41) is 13.3. The number of aromatic nitrogens is 5. The predicted molar refractivity (Wildman–Crippen MR) is 107 cm³/mol. The third kappa shape index (κ3) is 3.21. The molecule has 0 spiro atoms. The molecule has 3 heterocycles. The number of hydrogen-bond donors (Lipinski definition) is 0. The van der Waals surface area contributed by atoms with Crippen LogP contribution in [0.1, 0.15) is 36.6 Å². The molecule has 0 radical (unpaired) electrons. The summed E-state index contributed by atoms with van der Waals surface area (Å²) in [5.74, 6) is 1.85. The van der Waals surface area contributed by atoms with Crippen LogP contribution in [0.3, 0.4) is 0 Å². The zero-order valence-corrected chi connectivity index (χ0v) is 16.7. The Kier molecular flexibility index (Phi) is 4.98. The number of rotatable bonds is 5. The third-order valence-corrected chi connectivity index (χ3v) is 5.49. The second kappa shape index (κ2) is 7.58. The van der Waals surface area contributed by atoms with Crippen LogP contribution >= 0.6 is 0 Å². The quantitative estimate of drug-likeness (QED) is 0.684. The highest BCUT2D eigenvalue weighted by Gasteiger charge is 2.26. The summed E-state index contributed by atoms with van der Waals surface area (Å²) < 4.78 is 4.04. The maximum Gasteiger partial charge on any atom is 0.227 e. The average molecular weight is 378 g/mol. The van der Waals surface area contributed by atoms with Crippen LogP contribution in [0.2, 0.25) is 0 Å². The maximum atomic E-state index is 13.0. The zero-order chi connectivity index (χ0) is 19.7. The summed E-state index contributed by atoms with van der Waals surface area (Å²) in [7, 11) is 1.96. The monoisotopic (exact) mass is 378 g/mol. The number of nitrogens with zero attached hydrogens (tertiary/aromatic N) is 6. The van der Waals surface area contributed by atoms with E-state index in [0.29, 0.717) is 26.1 Å². The van der Waals surface area contributed by atoms with E-state index in [1.807, 2.05) is 47.0 Å². The van der Waals surface area contributed by atoms with Gasteiger partial charge in [0.25, 0.3) is 0 Å². The molecule has 146 valence electrons. The lowest BCUT2D eigenvalue weighted by atomic mass is 10.0. The fourth-order valence-electron chi connectivity index (χ4n) is 4.03. The van der Waals surface area contributed by atoms with Gasteiger partial charge < -0.3 is 9.47 Å². The Labute approximate surface area is 165 Å². The molecule has 0 aliphatic carbocycles. The lowest BCUT2D eigenvalue weighted by molar-refractivity contribution is -0.132. The minimum absolute atomic E-state index is 0.132. The van der Waals surface area contributed by atoms with Gasteiger partial charge in [0.1, 0.15) is 0 Å². The van der Waals surface area contributed by atoms with Crippen molar-refractivity contribution in [3.8, 4) is 11.4 Å². The molecule has 7 nitrogen and oxygen atoms in total. The van der Waals surface area contributed by atoms with Gasteiger partial charge in [-0.1, -0.05) is 44.2 Å². The summed E-state index contributed by atoms with van der Waals surface area (Å²) in [6.45, 7) is 6.09. The van der Waals surface area contributed by atoms with Crippen molar-refractivity contribution < 1.29 is 4.79 Å². The van der Waals surface area contributed by atoms with Crippen molar-refractivity contribution in [2.24, 2.45) is 7.05 Å². The summed E-state index contributed by atoms with van der Waals surface area (Å²) in [6, 6.07) is 10.1. The van der Waals surface area contributed by atoms with E-state index >= 15 is 0 Å². The van der Waals surface area contributed by atoms with Gasteiger partial charge in [-0.25, -0.2) is 0 Å². The second-order valence-electron chi connectivity index (χ2n) is 7.15. The minimum Gasteiger partial charge on any atom is -0.333 e. The fourth-order valence-corrected chi connectivity index (χ4v) is 4.03. The second-order valence-corrected chi connectivity index (χ2v) is 7.15. The van der Waals surface area contributed by atoms with E-state index in [1.54, 1.807) is 0 Å². The first-order valence-corrected chi connectivity index (χ1v) is 9.91. The van der Waals surface area contributed by atoms with E-state index in [-0.39, 0.29) is 5.91 Å². The van der Waals surface area contributed by atoms with Crippen LogP contribution < -0.4 is 0 Å². The van der Waals surface area contributed by atoms with Gasteiger partial charge in [-0.05, 0) is 12.8 Å². The van der Waals surface area contributed by atoms with Crippen molar-refractivity contribution in [3.05, 3.63) is 53.1 Å². The highest BCUT2D eigenvalue weighted by Crippen LogP contribution is 2.23. The lowest BCUT2D eigenvalue weighted by Crippen LogP contribution is -2.39. The molecule has 0 saturated heterocycles. The molecule has 0 N–H and O–H groups in total. The first kappa shape index (κ1) is 18.4. The average Bonchev–Trinajstić information content (AvgIpc) is 3.28. The highest BCUT2D eigenvalue weighted by molar-refractivity contribution is 5.79. The standard InChI is InChI=1S/C21H26N6O/c1-4-17-16(18(5-2)25(3)24-17)13-20(28)26-11-12-27-19(14-26)22-23-21(27)15-9-7-6-8-10-15/h6-10H,4-5,11-14H2,1-3H3. The molecule has 0 bridgehead atoms. The molecular formula is C21H26N6O. The van der Waals surface area contributed by atoms with Crippen LogP contribution in [-0.4, -0.2) is 41.9 Å². The van der Waals surface area contributed by atoms with E-state index in [1.165, 1.54) is 0 Å². The number of carbonyl (C=O) groups is 1. The molecule has 0 unspecified atom stereocenters. The molecule has 2 aromatic heterocycles. The molecule has 0 atom stereocenters. The molecule has 1 amide bonds. The molecule has 0 saturated carbocycles. The van der Waals surface area contributed by atoms with Gasteiger partial charge in [0.2, 0.25) is 5.91 Å². The summed E-state index contributed by atoms with van der Waals surface area (Å²) in [4.78, 5) is 14.9. The Bertz CT molecular complexity index is 988. The number of amides is 1. The molecule has 0 fully saturated rings. The van der Waals surface area contributed by atoms with E-state index in [4.69, 9.17) is 0 Å². The number of aryl methyl sites for hydroxylation is 2. The van der Waals surface area contributed by atoms with E-state index < -0.39 is 0 Å². The molecule has 1 aliphatic rings. The lowest BCUT2D eigenvalue weighted by Gasteiger charge is -2.28. The van der Waals surface area contributed by atoms with E-state index in [0.717, 1.165) is 47.0 Å². The molecule has 28 heavy (non-hydrogen) atoms. The topological polar surface area (TPSA) is 68.8 Å². The Morgan fingerprint density at radius 2 is 1.86 bits per heavy atom. The van der Waals surface area contributed by atoms with Crippen LogP contribution in [0.15, 0.2) is 30.3 Å². The minimum atomic E-state index is 0.132. The van der Waals surface area contributed by atoms with Gasteiger partial charge >= 0.3 is 0 Å². The number of hydrogen-bond acceptors (Lipinski definition) is 4. The first-order chi connectivity index (χ1) is 13.6. The Hall–Kier alpha value is -2.96. The summed E-state index contributed by atoms with van der Waals surface area (Å²) in [6.07, 6.45) is 2.12. The van der Waals surface area contributed by atoms with Crippen LogP contribution in [0.25, 0.3) is 11.4 Å². The largest absolute Gasteiger partial charge is 0.333 e. The van der Waals surface area contributed by atoms with Gasteiger partial charge in [-0.2, -0.15) is 5.10 Å². The van der Waals surface area contributed by atoms with E-state index in [9.17, 15) is 4.79 Å². The first-order valence-electron chi connectivity index (χ1n) is 9.91. The van der Waals surface area contributed by atoms with Crippen LogP contribution in [0.5, 0.6) is 0 Å². The summed E-state index contributed by atoms with van der Waals surface area (Å²) in [5.41, 5.74) is 4.32. The highest BCUT2D eigenvalue weighted by atomic mass is 16.2. The van der Waals surface area contributed by atoms with Crippen molar-refractivity contribution in [2.45, 2.75) is 46.2 Å².